The Hall–Kier alpha value is -6.06. The zero-order valence-electron chi connectivity index (χ0n) is 24.3. The van der Waals surface area contributed by atoms with Crippen molar-refractivity contribution in [2.24, 2.45) is 0 Å². The summed E-state index contributed by atoms with van der Waals surface area (Å²) in [6.07, 6.45) is 0. The fraction of sp³-hybridized carbons (Fsp3) is 0. The van der Waals surface area contributed by atoms with Crippen molar-refractivity contribution in [3.8, 4) is 22.3 Å². The van der Waals surface area contributed by atoms with Gasteiger partial charge in [-0.15, -0.1) is 0 Å². The Balaban J connectivity index is 1.09. The van der Waals surface area contributed by atoms with Crippen molar-refractivity contribution in [2.45, 2.75) is 0 Å². The minimum atomic E-state index is 0.887. The Morgan fingerprint density at radius 1 is 0.378 bits per heavy atom. The molecule has 10 aromatic rings. The number of anilines is 2. The van der Waals surface area contributed by atoms with Gasteiger partial charge in [0.05, 0.1) is 16.6 Å². The Kier molecular flexibility index (Phi) is 5.00. The molecule has 0 unspecified atom stereocenters. The lowest BCUT2D eigenvalue weighted by Gasteiger charge is -2.08. The van der Waals surface area contributed by atoms with E-state index in [1.807, 2.05) is 6.07 Å². The van der Waals surface area contributed by atoms with E-state index in [9.17, 15) is 0 Å². The molecule has 1 N–H and O–H groups in total. The second-order valence-electron chi connectivity index (χ2n) is 11.9. The minimum Gasteiger partial charge on any atom is -0.456 e. The SMILES string of the molecule is c1ccc(-c2ccc(Nc3ccc4oc5ccc(-c6cc7c8ccccc8n8c9ccccc9c(c6)c78)cc5c4c3)cc2)cc1. The molecular weight excluding hydrogens is 548 g/mol. The number of benzene rings is 7. The third-order valence-corrected chi connectivity index (χ3v) is 9.29. The number of aromatic nitrogens is 1. The molecule has 7 aromatic carbocycles. The van der Waals surface area contributed by atoms with Gasteiger partial charge in [-0.1, -0.05) is 84.9 Å². The number of hydrogen-bond acceptors (Lipinski definition) is 2. The fourth-order valence-electron chi connectivity index (χ4n) is 7.19. The van der Waals surface area contributed by atoms with Gasteiger partial charge in [-0.05, 0) is 89.0 Å². The molecule has 210 valence electrons. The van der Waals surface area contributed by atoms with Gasteiger partial charge in [-0.3, -0.25) is 0 Å². The summed E-state index contributed by atoms with van der Waals surface area (Å²) in [5, 5.41) is 11.0. The first-order valence-electron chi connectivity index (χ1n) is 15.3. The second-order valence-corrected chi connectivity index (χ2v) is 11.9. The number of nitrogens with one attached hydrogen (secondary N) is 1. The molecular formula is C42H26N2O. The molecule has 0 aliphatic carbocycles. The molecule has 10 rings (SSSR count). The van der Waals surface area contributed by atoms with Crippen LogP contribution in [0.2, 0.25) is 0 Å². The maximum atomic E-state index is 6.30. The van der Waals surface area contributed by atoms with Gasteiger partial charge in [0.1, 0.15) is 11.2 Å². The van der Waals surface area contributed by atoms with Crippen LogP contribution in [0.3, 0.4) is 0 Å². The predicted molar refractivity (Wildman–Crippen MR) is 189 cm³/mol. The zero-order chi connectivity index (χ0) is 29.5. The van der Waals surface area contributed by atoms with Crippen LogP contribution < -0.4 is 5.32 Å². The minimum absolute atomic E-state index is 0.887. The van der Waals surface area contributed by atoms with Crippen LogP contribution in [0.4, 0.5) is 11.4 Å². The largest absolute Gasteiger partial charge is 0.456 e. The van der Waals surface area contributed by atoms with Crippen molar-refractivity contribution < 1.29 is 4.42 Å². The van der Waals surface area contributed by atoms with E-state index in [2.05, 4.69) is 155 Å². The normalized spacial score (nSPS) is 12.0. The number of rotatable bonds is 4. The lowest BCUT2D eigenvalue weighted by Crippen LogP contribution is -1.89. The highest BCUT2D eigenvalue weighted by Gasteiger charge is 2.19. The highest BCUT2D eigenvalue weighted by atomic mass is 16.3. The maximum Gasteiger partial charge on any atom is 0.135 e. The average Bonchev–Trinajstić information content (AvgIpc) is 3.75. The number of para-hydroxylation sites is 2. The Bertz CT molecular complexity index is 2630. The Morgan fingerprint density at radius 2 is 0.911 bits per heavy atom. The molecule has 0 amide bonds. The molecule has 0 saturated heterocycles. The number of hydrogen-bond donors (Lipinski definition) is 1. The van der Waals surface area contributed by atoms with E-state index >= 15 is 0 Å². The van der Waals surface area contributed by atoms with Gasteiger partial charge >= 0.3 is 0 Å². The van der Waals surface area contributed by atoms with Crippen LogP contribution in [0.5, 0.6) is 0 Å². The maximum absolute atomic E-state index is 6.30. The molecule has 0 fully saturated rings. The first-order valence-corrected chi connectivity index (χ1v) is 15.3. The van der Waals surface area contributed by atoms with Crippen LogP contribution in [-0.4, -0.2) is 4.40 Å². The molecule has 0 radical (unpaired) electrons. The van der Waals surface area contributed by atoms with Crippen LogP contribution in [0.1, 0.15) is 0 Å². The van der Waals surface area contributed by atoms with Crippen molar-refractivity contribution in [2.75, 3.05) is 5.32 Å². The van der Waals surface area contributed by atoms with Crippen LogP contribution in [0.25, 0.3) is 82.3 Å². The molecule has 0 bridgehead atoms. The highest BCUT2D eigenvalue weighted by Crippen LogP contribution is 2.42. The first kappa shape index (κ1) is 24.4. The standard InChI is InChI=1S/C42H26N2O/c1-2-8-26(9-3-1)27-14-17-30(18-15-27)43-31-19-21-41-35(25-31)34-22-28(16-20-40(34)45-41)29-23-36-32-10-4-6-12-38(32)44-39-13-7-5-11-33(39)37(24-29)42(36)44/h1-25,43H. The quantitative estimate of drug-likeness (QED) is 0.227. The summed E-state index contributed by atoms with van der Waals surface area (Å²) >= 11 is 0. The van der Waals surface area contributed by atoms with E-state index in [1.54, 1.807) is 0 Å². The predicted octanol–water partition coefficient (Wildman–Crippen LogP) is 11.8. The van der Waals surface area contributed by atoms with Crippen molar-refractivity contribution in [3.05, 3.63) is 152 Å². The smallest absolute Gasteiger partial charge is 0.135 e. The third-order valence-electron chi connectivity index (χ3n) is 9.29. The van der Waals surface area contributed by atoms with E-state index in [0.29, 0.717) is 0 Å². The summed E-state index contributed by atoms with van der Waals surface area (Å²) in [6, 6.07) is 54.2. The van der Waals surface area contributed by atoms with E-state index in [4.69, 9.17) is 4.42 Å². The molecule has 0 spiro atoms. The fourth-order valence-corrected chi connectivity index (χ4v) is 7.19. The summed E-state index contributed by atoms with van der Waals surface area (Å²) in [7, 11) is 0. The van der Waals surface area contributed by atoms with Gasteiger partial charge in [0.2, 0.25) is 0 Å². The van der Waals surface area contributed by atoms with Gasteiger partial charge in [-0.25, -0.2) is 0 Å². The molecule has 0 saturated carbocycles. The number of nitrogens with zero attached hydrogens (tertiary/aromatic N) is 1. The topological polar surface area (TPSA) is 29.6 Å². The molecule has 3 heteroatoms. The molecule has 0 aliphatic rings. The molecule has 45 heavy (non-hydrogen) atoms. The molecule has 0 atom stereocenters. The van der Waals surface area contributed by atoms with Gasteiger partial charge in [0.15, 0.2) is 0 Å². The summed E-state index contributed by atoms with van der Waals surface area (Å²) < 4.78 is 8.72. The third kappa shape index (κ3) is 3.65. The van der Waals surface area contributed by atoms with E-state index in [1.165, 1.54) is 60.3 Å². The van der Waals surface area contributed by atoms with Crippen LogP contribution >= 0.6 is 0 Å². The van der Waals surface area contributed by atoms with Gasteiger partial charge in [0, 0.05) is 43.7 Å². The second kappa shape index (κ2) is 9.22. The lowest BCUT2D eigenvalue weighted by molar-refractivity contribution is 0.669. The molecule has 3 aromatic heterocycles. The average molecular weight is 575 g/mol. The highest BCUT2D eigenvalue weighted by molar-refractivity contribution is 6.24. The first-order chi connectivity index (χ1) is 22.3. The van der Waals surface area contributed by atoms with Gasteiger partial charge < -0.3 is 14.1 Å². The van der Waals surface area contributed by atoms with E-state index in [-0.39, 0.29) is 0 Å². The van der Waals surface area contributed by atoms with Crippen LogP contribution in [0, 0.1) is 0 Å². The lowest BCUT2D eigenvalue weighted by atomic mass is 9.98. The number of fused-ring (bicyclic) bond motifs is 9. The Labute approximate surface area is 258 Å². The van der Waals surface area contributed by atoms with Crippen molar-refractivity contribution in [3.63, 3.8) is 0 Å². The summed E-state index contributed by atoms with van der Waals surface area (Å²) in [6.45, 7) is 0. The summed E-state index contributed by atoms with van der Waals surface area (Å²) in [5.41, 5.74) is 12.5. The summed E-state index contributed by atoms with van der Waals surface area (Å²) in [5.74, 6) is 0. The zero-order valence-corrected chi connectivity index (χ0v) is 24.3. The van der Waals surface area contributed by atoms with Crippen molar-refractivity contribution >= 4 is 71.4 Å². The summed E-state index contributed by atoms with van der Waals surface area (Å²) in [4.78, 5) is 0. The Morgan fingerprint density at radius 3 is 1.62 bits per heavy atom. The van der Waals surface area contributed by atoms with Crippen molar-refractivity contribution in [1.29, 1.82) is 0 Å². The van der Waals surface area contributed by atoms with Crippen molar-refractivity contribution in [1.82, 2.24) is 4.40 Å². The molecule has 0 aliphatic heterocycles. The van der Waals surface area contributed by atoms with Crippen LogP contribution in [-0.2, 0) is 0 Å². The van der Waals surface area contributed by atoms with Gasteiger partial charge in [0.25, 0.3) is 0 Å². The monoisotopic (exact) mass is 574 g/mol. The van der Waals surface area contributed by atoms with E-state index < -0.39 is 0 Å². The molecule has 3 heterocycles. The van der Waals surface area contributed by atoms with Crippen LogP contribution in [0.15, 0.2) is 156 Å². The molecule has 3 nitrogen and oxygen atoms in total. The van der Waals surface area contributed by atoms with Gasteiger partial charge in [-0.2, -0.15) is 0 Å². The van der Waals surface area contributed by atoms with E-state index in [0.717, 1.165) is 33.3 Å². The number of furan rings is 1.